The fraction of sp³-hybridized carbons (Fsp3) is 0.444. The average molecular weight is 487 g/mol. The molecule has 0 amide bonds. The highest BCUT2D eigenvalue weighted by Gasteiger charge is 2.39. The number of halogens is 2. The number of rotatable bonds is 9. The Labute approximate surface area is 207 Å². The van der Waals surface area contributed by atoms with Crippen LogP contribution >= 0.6 is 23.2 Å². The van der Waals surface area contributed by atoms with Crippen LogP contribution in [0.3, 0.4) is 0 Å². The van der Waals surface area contributed by atoms with Crippen LogP contribution in [0.4, 0.5) is 0 Å². The topological polar surface area (TPSA) is 49.7 Å². The molecule has 0 radical (unpaired) electrons. The van der Waals surface area contributed by atoms with Gasteiger partial charge in [-0.3, -0.25) is 19.5 Å². The van der Waals surface area contributed by atoms with Gasteiger partial charge in [-0.2, -0.15) is 0 Å². The van der Waals surface area contributed by atoms with E-state index in [0.29, 0.717) is 26.9 Å². The molecule has 1 aliphatic rings. The van der Waals surface area contributed by atoms with Crippen molar-refractivity contribution in [1.29, 1.82) is 0 Å². The highest BCUT2D eigenvalue weighted by molar-refractivity contribution is 6.39. The number of carbonyl (C=O) groups excluding carboxylic acids is 2. The lowest BCUT2D eigenvalue weighted by Crippen LogP contribution is -2.47. The molecular formula is C27H32Cl2N2O2. The first kappa shape index (κ1) is 25.6. The first-order chi connectivity index (χ1) is 15.9. The van der Waals surface area contributed by atoms with E-state index in [0.717, 1.165) is 69.5 Å². The molecule has 1 saturated carbocycles. The van der Waals surface area contributed by atoms with Gasteiger partial charge in [-0.05, 0) is 62.9 Å². The molecule has 1 unspecified atom stereocenters. The first-order valence-corrected chi connectivity index (χ1v) is 12.5. The van der Waals surface area contributed by atoms with E-state index in [2.05, 4.69) is 18.9 Å². The zero-order chi connectivity index (χ0) is 23.8. The van der Waals surface area contributed by atoms with E-state index in [4.69, 9.17) is 28.2 Å². The van der Waals surface area contributed by atoms with Gasteiger partial charge in [0.1, 0.15) is 17.7 Å². The number of aliphatic imine (C=N–C) groups is 1. The van der Waals surface area contributed by atoms with Gasteiger partial charge in [0.2, 0.25) is 0 Å². The number of hydrogen-bond donors (Lipinski definition) is 0. The molecule has 33 heavy (non-hydrogen) atoms. The molecular weight excluding hydrogens is 455 g/mol. The molecule has 0 aliphatic heterocycles. The van der Waals surface area contributed by atoms with Crippen LogP contribution in [0.1, 0.15) is 85.8 Å². The third kappa shape index (κ3) is 6.32. The summed E-state index contributed by atoms with van der Waals surface area (Å²) in [5.41, 5.74) is 2.33. The average Bonchev–Trinajstić information content (AvgIpc) is 3.06. The number of benzene rings is 2. The van der Waals surface area contributed by atoms with Crippen molar-refractivity contribution < 1.29 is 9.59 Å². The number of aldehydes is 2. The lowest BCUT2D eigenvalue weighted by atomic mass is 9.92. The second-order valence-electron chi connectivity index (χ2n) is 8.87. The Hall–Kier alpha value is -2.01. The minimum Gasteiger partial charge on any atom is -0.298 e. The fourth-order valence-electron chi connectivity index (χ4n) is 4.87. The van der Waals surface area contributed by atoms with Crippen LogP contribution in [0.15, 0.2) is 47.5 Å². The number of carbonyl (C=O) groups is 2. The number of hydrogen-bond acceptors (Lipinski definition) is 4. The molecule has 0 aromatic heterocycles. The Morgan fingerprint density at radius 2 is 1.64 bits per heavy atom. The standard InChI is InChI=1S/C27H32Cl2N2O2/c1-3-8-26(21-11-9-20(18-32)10-12-21)31(2)27(13-6-4-5-7-14-27)30-25(19-33)22-15-23(28)17-24(29)16-22/h9-12,15-19,26H,3-8,13-14H2,1-2H3/b30-25+. The first-order valence-electron chi connectivity index (χ1n) is 11.7. The summed E-state index contributed by atoms with van der Waals surface area (Å²) in [6.45, 7) is 2.18. The van der Waals surface area contributed by atoms with Gasteiger partial charge in [0, 0.05) is 27.2 Å². The van der Waals surface area contributed by atoms with E-state index < -0.39 is 5.66 Å². The maximum absolute atomic E-state index is 12.2. The maximum atomic E-state index is 12.2. The Kier molecular flexibility index (Phi) is 9.25. The smallest absolute Gasteiger partial charge is 0.168 e. The van der Waals surface area contributed by atoms with E-state index in [1.807, 2.05) is 24.3 Å². The van der Waals surface area contributed by atoms with Gasteiger partial charge in [-0.15, -0.1) is 0 Å². The molecule has 2 aromatic rings. The molecule has 0 N–H and O–H groups in total. The van der Waals surface area contributed by atoms with Crippen molar-refractivity contribution >= 4 is 41.5 Å². The Morgan fingerprint density at radius 1 is 1.03 bits per heavy atom. The minimum absolute atomic E-state index is 0.119. The molecule has 1 aliphatic carbocycles. The summed E-state index contributed by atoms with van der Waals surface area (Å²) >= 11 is 12.4. The third-order valence-electron chi connectivity index (χ3n) is 6.65. The summed E-state index contributed by atoms with van der Waals surface area (Å²) < 4.78 is 0. The van der Waals surface area contributed by atoms with Crippen LogP contribution in [-0.2, 0) is 4.79 Å². The quantitative estimate of drug-likeness (QED) is 0.212. The molecule has 3 rings (SSSR count). The second kappa shape index (κ2) is 11.9. The Morgan fingerprint density at radius 3 is 2.15 bits per heavy atom. The summed E-state index contributed by atoms with van der Waals surface area (Å²) in [6.07, 6.45) is 9.83. The van der Waals surface area contributed by atoms with Crippen LogP contribution in [-0.4, -0.2) is 35.9 Å². The van der Waals surface area contributed by atoms with E-state index in [1.54, 1.807) is 18.2 Å². The molecule has 176 valence electrons. The molecule has 1 atom stereocenters. The monoisotopic (exact) mass is 486 g/mol. The predicted molar refractivity (Wildman–Crippen MR) is 137 cm³/mol. The van der Waals surface area contributed by atoms with Gasteiger partial charge in [0.05, 0.1) is 0 Å². The largest absolute Gasteiger partial charge is 0.298 e. The molecule has 0 saturated heterocycles. The van der Waals surface area contributed by atoms with E-state index in [-0.39, 0.29) is 6.04 Å². The Balaban J connectivity index is 2.09. The highest BCUT2D eigenvalue weighted by atomic mass is 35.5. The summed E-state index contributed by atoms with van der Waals surface area (Å²) in [5, 5.41) is 0.962. The summed E-state index contributed by atoms with van der Waals surface area (Å²) in [6, 6.07) is 13.1. The number of nitrogens with zero attached hydrogens (tertiary/aromatic N) is 2. The third-order valence-corrected chi connectivity index (χ3v) is 7.08. The van der Waals surface area contributed by atoms with Crippen molar-refractivity contribution in [2.45, 2.75) is 70.0 Å². The minimum atomic E-state index is -0.509. The normalized spacial score (nSPS) is 17.4. The SMILES string of the molecule is CCCC(c1ccc(C=O)cc1)N(C)C1(/N=C(\C=O)c2cc(Cl)cc(Cl)c2)CCCCCC1. The second-order valence-corrected chi connectivity index (χ2v) is 9.74. The molecule has 0 spiro atoms. The fourth-order valence-corrected chi connectivity index (χ4v) is 5.39. The molecule has 0 heterocycles. The van der Waals surface area contributed by atoms with Crippen LogP contribution in [0, 0.1) is 0 Å². The van der Waals surface area contributed by atoms with Crippen LogP contribution < -0.4 is 0 Å². The zero-order valence-corrected chi connectivity index (χ0v) is 20.9. The van der Waals surface area contributed by atoms with Crippen molar-refractivity contribution in [3.63, 3.8) is 0 Å². The van der Waals surface area contributed by atoms with Crippen LogP contribution in [0.5, 0.6) is 0 Å². The van der Waals surface area contributed by atoms with Crippen LogP contribution in [0.25, 0.3) is 0 Å². The predicted octanol–water partition coefficient (Wildman–Crippen LogP) is 7.32. The van der Waals surface area contributed by atoms with Gasteiger partial charge in [-0.25, -0.2) is 0 Å². The van der Waals surface area contributed by atoms with Gasteiger partial charge >= 0.3 is 0 Å². The maximum Gasteiger partial charge on any atom is 0.168 e. The van der Waals surface area contributed by atoms with E-state index >= 15 is 0 Å². The van der Waals surface area contributed by atoms with Crippen molar-refractivity contribution in [1.82, 2.24) is 4.90 Å². The molecule has 2 aromatic carbocycles. The molecule has 6 heteroatoms. The van der Waals surface area contributed by atoms with Gasteiger partial charge in [0.25, 0.3) is 0 Å². The van der Waals surface area contributed by atoms with Crippen molar-refractivity contribution in [2.75, 3.05) is 7.05 Å². The highest BCUT2D eigenvalue weighted by Crippen LogP contribution is 2.40. The van der Waals surface area contributed by atoms with Gasteiger partial charge in [0.15, 0.2) is 6.29 Å². The van der Waals surface area contributed by atoms with E-state index in [1.165, 1.54) is 0 Å². The van der Waals surface area contributed by atoms with Gasteiger partial charge in [-0.1, -0.05) is 73.7 Å². The lowest BCUT2D eigenvalue weighted by Gasteiger charge is -2.43. The molecule has 4 nitrogen and oxygen atoms in total. The molecule has 0 bridgehead atoms. The van der Waals surface area contributed by atoms with Crippen molar-refractivity contribution in [3.8, 4) is 0 Å². The van der Waals surface area contributed by atoms with Crippen LogP contribution in [0.2, 0.25) is 10.0 Å². The summed E-state index contributed by atoms with van der Waals surface area (Å²) in [5.74, 6) is 0. The summed E-state index contributed by atoms with van der Waals surface area (Å²) in [7, 11) is 2.12. The zero-order valence-electron chi connectivity index (χ0n) is 19.4. The summed E-state index contributed by atoms with van der Waals surface area (Å²) in [4.78, 5) is 30.9. The lowest BCUT2D eigenvalue weighted by molar-refractivity contribution is -0.102. The van der Waals surface area contributed by atoms with Crippen molar-refractivity contribution in [3.05, 3.63) is 69.2 Å². The van der Waals surface area contributed by atoms with E-state index in [9.17, 15) is 9.59 Å². The van der Waals surface area contributed by atoms with Gasteiger partial charge < -0.3 is 0 Å². The Bertz CT molecular complexity index is 960. The molecule has 1 fully saturated rings. The van der Waals surface area contributed by atoms with Crippen molar-refractivity contribution in [2.24, 2.45) is 4.99 Å².